The molecule has 4 heteroatoms. The Balaban J connectivity index is 1.70. The summed E-state index contributed by atoms with van der Waals surface area (Å²) in [6, 6.07) is 8.77. The predicted octanol–water partition coefficient (Wildman–Crippen LogP) is 5.07. The second-order valence-electron chi connectivity index (χ2n) is 5.83. The molecule has 1 aliphatic rings. The molecule has 22 heavy (non-hydrogen) atoms. The Labute approximate surface area is 127 Å². The third-order valence-electron chi connectivity index (χ3n) is 4.35. The highest BCUT2D eigenvalue weighted by molar-refractivity contribution is 5.94. The fourth-order valence-corrected chi connectivity index (χ4v) is 3.19. The van der Waals surface area contributed by atoms with Gasteiger partial charge in [0.25, 0.3) is 0 Å². The van der Waals surface area contributed by atoms with Crippen LogP contribution in [0.1, 0.15) is 24.0 Å². The van der Waals surface area contributed by atoms with E-state index in [-0.39, 0.29) is 0 Å². The van der Waals surface area contributed by atoms with Gasteiger partial charge in [0.05, 0.1) is 11.2 Å². The van der Waals surface area contributed by atoms with E-state index < -0.39 is 11.6 Å². The van der Waals surface area contributed by atoms with E-state index in [1.54, 1.807) is 6.20 Å². The quantitative estimate of drug-likeness (QED) is 0.679. The summed E-state index contributed by atoms with van der Waals surface area (Å²) >= 11 is 0. The first-order valence-electron chi connectivity index (χ1n) is 7.56. The van der Waals surface area contributed by atoms with Crippen molar-refractivity contribution in [1.29, 1.82) is 0 Å². The number of H-pyrrole nitrogens is 1. The van der Waals surface area contributed by atoms with Crippen molar-refractivity contribution in [2.24, 2.45) is 0 Å². The molecule has 0 saturated heterocycles. The third kappa shape index (κ3) is 2.25. The lowest BCUT2D eigenvalue weighted by atomic mass is 9.91. The number of halogens is 2. The Hall–Kier alpha value is -2.36. The van der Waals surface area contributed by atoms with Crippen molar-refractivity contribution < 1.29 is 8.78 Å². The smallest absolute Gasteiger partial charge is 0.160 e. The van der Waals surface area contributed by atoms with E-state index >= 15 is 0 Å². The van der Waals surface area contributed by atoms with Gasteiger partial charge in [0, 0.05) is 23.3 Å². The molecule has 1 heterocycles. The number of rotatable bonds is 2. The van der Waals surface area contributed by atoms with Crippen molar-refractivity contribution in [1.82, 2.24) is 4.98 Å². The van der Waals surface area contributed by atoms with Crippen molar-refractivity contribution in [3.63, 3.8) is 0 Å². The van der Waals surface area contributed by atoms with E-state index in [9.17, 15) is 8.78 Å². The zero-order valence-electron chi connectivity index (χ0n) is 12.0. The van der Waals surface area contributed by atoms with E-state index in [1.165, 1.54) is 36.1 Å². The van der Waals surface area contributed by atoms with Gasteiger partial charge in [0.2, 0.25) is 0 Å². The van der Waals surface area contributed by atoms with Crippen molar-refractivity contribution in [3.8, 4) is 0 Å². The van der Waals surface area contributed by atoms with E-state index in [0.717, 1.165) is 24.2 Å². The molecule has 2 N–H and O–H groups in total. The summed E-state index contributed by atoms with van der Waals surface area (Å²) in [5, 5.41) is 3.95. The van der Waals surface area contributed by atoms with Crippen LogP contribution in [0, 0.1) is 11.6 Å². The van der Waals surface area contributed by atoms with Crippen LogP contribution in [0.25, 0.3) is 10.9 Å². The highest BCUT2D eigenvalue weighted by Gasteiger charge is 2.12. The Kier molecular flexibility index (Phi) is 3.10. The molecule has 0 atom stereocenters. The fraction of sp³-hybridized carbons (Fsp3) is 0.222. The summed E-state index contributed by atoms with van der Waals surface area (Å²) in [6.07, 6.45) is 6.48. The molecule has 112 valence electrons. The van der Waals surface area contributed by atoms with Gasteiger partial charge in [-0.05, 0) is 55.0 Å². The lowest BCUT2D eigenvalue weighted by Crippen LogP contribution is -2.03. The van der Waals surface area contributed by atoms with E-state index in [1.807, 2.05) is 6.07 Å². The van der Waals surface area contributed by atoms with Gasteiger partial charge in [-0.3, -0.25) is 0 Å². The average molecular weight is 298 g/mol. The van der Waals surface area contributed by atoms with Crippen LogP contribution < -0.4 is 5.32 Å². The average Bonchev–Trinajstić information content (AvgIpc) is 2.90. The summed E-state index contributed by atoms with van der Waals surface area (Å²) in [6.45, 7) is 0. The second kappa shape index (κ2) is 5.13. The zero-order valence-corrected chi connectivity index (χ0v) is 12.0. The van der Waals surface area contributed by atoms with Crippen LogP contribution in [0.2, 0.25) is 0 Å². The normalized spacial score (nSPS) is 14.1. The maximum atomic E-state index is 13.5. The minimum atomic E-state index is -0.838. The standard InChI is InChI=1S/C18H16F2N2/c19-15-8-14-17(9-16(15)20)21-10-18(14)22-13-6-5-11-3-1-2-4-12(11)7-13/h5-10,21-22H,1-4H2. The second-order valence-corrected chi connectivity index (χ2v) is 5.83. The SMILES string of the molecule is Fc1cc2[nH]cc(Nc3ccc4c(c3)CCCC4)c2cc1F. The third-order valence-corrected chi connectivity index (χ3v) is 4.35. The molecule has 3 aromatic rings. The zero-order chi connectivity index (χ0) is 15.1. The molecule has 2 nitrogen and oxygen atoms in total. The Bertz CT molecular complexity index is 852. The maximum absolute atomic E-state index is 13.5. The van der Waals surface area contributed by atoms with Gasteiger partial charge in [-0.15, -0.1) is 0 Å². The highest BCUT2D eigenvalue weighted by Crippen LogP contribution is 2.30. The van der Waals surface area contributed by atoms with Crippen LogP contribution in [-0.2, 0) is 12.8 Å². The monoisotopic (exact) mass is 298 g/mol. The van der Waals surface area contributed by atoms with Gasteiger partial charge < -0.3 is 10.3 Å². The number of hydrogen-bond acceptors (Lipinski definition) is 1. The lowest BCUT2D eigenvalue weighted by Gasteiger charge is -2.17. The van der Waals surface area contributed by atoms with Gasteiger partial charge in [-0.1, -0.05) is 6.07 Å². The van der Waals surface area contributed by atoms with Gasteiger partial charge in [-0.25, -0.2) is 8.78 Å². The van der Waals surface area contributed by atoms with Gasteiger partial charge in [0.1, 0.15) is 0 Å². The van der Waals surface area contributed by atoms with Crippen LogP contribution in [0.4, 0.5) is 20.2 Å². The molecule has 4 rings (SSSR count). The Morgan fingerprint density at radius 3 is 2.55 bits per heavy atom. The highest BCUT2D eigenvalue weighted by atomic mass is 19.2. The van der Waals surface area contributed by atoms with Crippen LogP contribution in [-0.4, -0.2) is 4.98 Å². The van der Waals surface area contributed by atoms with Crippen molar-refractivity contribution in [2.45, 2.75) is 25.7 Å². The number of nitrogens with one attached hydrogen (secondary N) is 2. The number of fused-ring (bicyclic) bond motifs is 2. The molecule has 0 radical (unpaired) electrons. The number of benzene rings is 2. The molecule has 1 aromatic heterocycles. The molecular formula is C18H16F2N2. The number of aryl methyl sites for hydroxylation is 2. The number of hydrogen-bond donors (Lipinski definition) is 2. The van der Waals surface area contributed by atoms with Crippen molar-refractivity contribution in [2.75, 3.05) is 5.32 Å². The van der Waals surface area contributed by atoms with Gasteiger partial charge in [0.15, 0.2) is 11.6 Å². The molecule has 0 saturated carbocycles. The largest absolute Gasteiger partial charge is 0.359 e. The van der Waals surface area contributed by atoms with Crippen LogP contribution in [0.15, 0.2) is 36.5 Å². The van der Waals surface area contributed by atoms with Gasteiger partial charge in [-0.2, -0.15) is 0 Å². The molecule has 0 bridgehead atoms. The fourth-order valence-electron chi connectivity index (χ4n) is 3.19. The summed E-state index contributed by atoms with van der Waals surface area (Å²) < 4.78 is 26.7. The molecule has 0 spiro atoms. The molecular weight excluding hydrogens is 282 g/mol. The predicted molar refractivity (Wildman–Crippen MR) is 84.6 cm³/mol. The number of aromatic nitrogens is 1. The topological polar surface area (TPSA) is 27.8 Å². The first kappa shape index (κ1) is 13.3. The summed E-state index contributed by atoms with van der Waals surface area (Å²) in [7, 11) is 0. The Morgan fingerprint density at radius 2 is 1.68 bits per heavy atom. The summed E-state index contributed by atoms with van der Waals surface area (Å²) in [5.41, 5.74) is 5.12. The van der Waals surface area contributed by atoms with Gasteiger partial charge >= 0.3 is 0 Å². The summed E-state index contributed by atoms with van der Waals surface area (Å²) in [5.74, 6) is -1.67. The minimum absolute atomic E-state index is 0.583. The molecule has 0 amide bonds. The molecule has 2 aromatic carbocycles. The first-order valence-corrected chi connectivity index (χ1v) is 7.56. The van der Waals surface area contributed by atoms with E-state index in [4.69, 9.17) is 0 Å². The van der Waals surface area contributed by atoms with Crippen LogP contribution in [0.5, 0.6) is 0 Å². The van der Waals surface area contributed by atoms with Crippen molar-refractivity contribution in [3.05, 3.63) is 59.3 Å². The Morgan fingerprint density at radius 1 is 0.909 bits per heavy atom. The van der Waals surface area contributed by atoms with Crippen LogP contribution >= 0.6 is 0 Å². The number of anilines is 2. The summed E-state index contributed by atoms with van der Waals surface area (Å²) in [4.78, 5) is 2.97. The maximum Gasteiger partial charge on any atom is 0.160 e. The molecule has 0 unspecified atom stereocenters. The number of aromatic amines is 1. The van der Waals surface area contributed by atoms with Crippen LogP contribution in [0.3, 0.4) is 0 Å². The molecule has 0 fully saturated rings. The lowest BCUT2D eigenvalue weighted by molar-refractivity contribution is 0.511. The molecule has 1 aliphatic carbocycles. The first-order chi connectivity index (χ1) is 10.7. The van der Waals surface area contributed by atoms with E-state index in [2.05, 4.69) is 22.4 Å². The minimum Gasteiger partial charge on any atom is -0.359 e. The molecule has 0 aliphatic heterocycles. The van der Waals surface area contributed by atoms with Crippen molar-refractivity contribution >= 4 is 22.3 Å². The van der Waals surface area contributed by atoms with E-state index in [0.29, 0.717) is 10.9 Å².